The van der Waals surface area contributed by atoms with E-state index in [1.54, 1.807) is 0 Å². The van der Waals surface area contributed by atoms with E-state index in [2.05, 4.69) is 219 Å². The molecule has 0 atom stereocenters. The van der Waals surface area contributed by atoms with Gasteiger partial charge in [0.25, 0.3) is 0 Å². The van der Waals surface area contributed by atoms with Gasteiger partial charge >= 0.3 is 0 Å². The van der Waals surface area contributed by atoms with Gasteiger partial charge in [0.2, 0.25) is 0 Å². The monoisotopic (exact) mass is 849 g/mol. The van der Waals surface area contributed by atoms with Crippen molar-refractivity contribution >= 4 is 27.5 Å². The lowest BCUT2D eigenvalue weighted by atomic mass is 9.86. The molecule has 316 valence electrons. The molecule has 2 aromatic heterocycles. The van der Waals surface area contributed by atoms with Crippen LogP contribution in [0.3, 0.4) is 0 Å². The highest BCUT2D eigenvalue weighted by molar-refractivity contribution is 6.12. The second kappa shape index (κ2) is 16.6. The van der Waals surface area contributed by atoms with Crippen LogP contribution in [0.4, 0.5) is 5.69 Å². The third-order valence-electron chi connectivity index (χ3n) is 12.5. The molecule has 0 aliphatic heterocycles. The van der Waals surface area contributed by atoms with E-state index >= 15 is 0 Å². The summed E-state index contributed by atoms with van der Waals surface area (Å²) in [5, 5.41) is 2.27. The fraction of sp³-hybridized carbons (Fsp3) is 0.0656. The van der Waals surface area contributed by atoms with E-state index in [-0.39, 0.29) is 5.41 Å². The molecule has 0 bridgehead atoms. The second-order valence-electron chi connectivity index (χ2n) is 17.9. The zero-order valence-electron chi connectivity index (χ0n) is 37.2. The van der Waals surface area contributed by atoms with Crippen molar-refractivity contribution in [2.24, 2.45) is 0 Å². The van der Waals surface area contributed by atoms with E-state index in [1.807, 2.05) is 24.3 Å². The van der Waals surface area contributed by atoms with Gasteiger partial charge in [-0.3, -0.25) is 0 Å². The largest absolute Gasteiger partial charge is 0.399 e. The van der Waals surface area contributed by atoms with Crippen LogP contribution < -0.4 is 5.73 Å². The van der Waals surface area contributed by atoms with Gasteiger partial charge in [0.1, 0.15) is 0 Å². The van der Waals surface area contributed by atoms with Gasteiger partial charge in [0, 0.05) is 44.3 Å². The Morgan fingerprint density at radius 1 is 0.348 bits per heavy atom. The average molecular weight is 850 g/mol. The molecule has 5 nitrogen and oxygen atoms in total. The van der Waals surface area contributed by atoms with Gasteiger partial charge in [-0.1, -0.05) is 178 Å². The number of fused-ring (bicyclic) bond motifs is 3. The summed E-state index contributed by atoms with van der Waals surface area (Å²) in [6, 6.07) is 76.9. The molecule has 0 spiro atoms. The molecule has 0 saturated heterocycles. The molecule has 5 heteroatoms. The maximum atomic E-state index is 6.57. The summed E-state index contributed by atoms with van der Waals surface area (Å²) in [5.74, 6) is 1.77. The maximum Gasteiger partial charge on any atom is 0.164 e. The standard InChI is InChI=1S/C61H47N5/c1-61(2,3)49-29-31-55-53(38-49)54-39-50(62)30-32-56(54)66(55)57-51(42-23-13-6-14-24-42)36-48(37-52(57)43-25-15-7-16-26-43)60-64-58(44-27-17-8-18-28-44)63-59(65-60)47-34-45(40-19-9-4-10-20-40)33-46(35-47)41-21-11-5-12-22-41/h4-39H,62H2,1-3H3. The number of nitrogens with zero attached hydrogens (tertiary/aromatic N) is 4. The summed E-state index contributed by atoms with van der Waals surface area (Å²) in [5.41, 5.74) is 23.1. The summed E-state index contributed by atoms with van der Waals surface area (Å²) in [4.78, 5) is 16.0. The molecule has 11 aromatic rings. The van der Waals surface area contributed by atoms with Crippen LogP contribution in [-0.2, 0) is 5.41 Å². The van der Waals surface area contributed by atoms with Crippen LogP contribution in [-0.4, -0.2) is 19.5 Å². The zero-order chi connectivity index (χ0) is 44.8. The number of anilines is 1. The number of hydrogen-bond acceptors (Lipinski definition) is 4. The summed E-state index contributed by atoms with van der Waals surface area (Å²) in [7, 11) is 0. The van der Waals surface area contributed by atoms with Crippen LogP contribution >= 0.6 is 0 Å². The van der Waals surface area contributed by atoms with E-state index in [0.717, 1.165) is 94.4 Å². The van der Waals surface area contributed by atoms with E-state index in [4.69, 9.17) is 20.7 Å². The first-order valence-electron chi connectivity index (χ1n) is 22.5. The minimum absolute atomic E-state index is 0.0387. The quantitative estimate of drug-likeness (QED) is 0.155. The fourth-order valence-electron chi connectivity index (χ4n) is 9.13. The third-order valence-corrected chi connectivity index (χ3v) is 12.5. The van der Waals surface area contributed by atoms with Crippen molar-refractivity contribution in [2.75, 3.05) is 5.73 Å². The summed E-state index contributed by atoms with van der Waals surface area (Å²) in [6.45, 7) is 6.79. The van der Waals surface area contributed by atoms with Gasteiger partial charge in [-0.2, -0.15) is 0 Å². The number of benzene rings is 9. The van der Waals surface area contributed by atoms with E-state index in [0.29, 0.717) is 17.5 Å². The van der Waals surface area contributed by atoms with E-state index in [9.17, 15) is 0 Å². The first-order valence-corrected chi connectivity index (χ1v) is 22.5. The Balaban J connectivity index is 1.22. The Hall–Kier alpha value is -8.41. The van der Waals surface area contributed by atoms with Crippen molar-refractivity contribution in [1.29, 1.82) is 0 Å². The number of hydrogen-bond donors (Lipinski definition) is 1. The highest BCUT2D eigenvalue weighted by atomic mass is 15.0. The van der Waals surface area contributed by atoms with Gasteiger partial charge in [-0.15, -0.1) is 0 Å². The Bertz CT molecular complexity index is 3420. The number of aromatic nitrogens is 4. The zero-order valence-corrected chi connectivity index (χ0v) is 37.2. The number of nitrogens with two attached hydrogens (primary N) is 1. The average Bonchev–Trinajstić information content (AvgIpc) is 3.69. The number of nitrogen functional groups attached to an aromatic ring is 1. The molecular formula is C61H47N5. The highest BCUT2D eigenvalue weighted by Crippen LogP contribution is 2.45. The molecule has 0 unspecified atom stereocenters. The predicted molar refractivity (Wildman–Crippen MR) is 275 cm³/mol. The van der Waals surface area contributed by atoms with Crippen molar-refractivity contribution in [3.8, 4) is 84.4 Å². The molecule has 11 rings (SSSR count). The number of rotatable bonds is 8. The molecular weight excluding hydrogens is 803 g/mol. The SMILES string of the molecule is CC(C)(C)c1ccc2c(c1)c1cc(N)ccc1n2-c1c(-c2ccccc2)cc(-c2nc(-c3ccccc3)nc(-c3cc(-c4ccccc4)cc(-c4ccccc4)c3)n2)cc1-c1ccccc1. The van der Waals surface area contributed by atoms with Crippen LogP contribution in [0.15, 0.2) is 218 Å². The molecule has 0 saturated carbocycles. The maximum absolute atomic E-state index is 6.57. The summed E-state index contributed by atoms with van der Waals surface area (Å²) >= 11 is 0. The lowest BCUT2D eigenvalue weighted by Crippen LogP contribution is -2.10. The summed E-state index contributed by atoms with van der Waals surface area (Å²) < 4.78 is 2.43. The highest BCUT2D eigenvalue weighted by Gasteiger charge is 2.25. The molecule has 2 heterocycles. The summed E-state index contributed by atoms with van der Waals surface area (Å²) in [6.07, 6.45) is 0. The lowest BCUT2D eigenvalue weighted by molar-refractivity contribution is 0.591. The van der Waals surface area contributed by atoms with Gasteiger partial charge in [0.05, 0.1) is 16.7 Å². The fourth-order valence-corrected chi connectivity index (χ4v) is 9.13. The molecule has 0 radical (unpaired) electrons. The molecule has 2 N–H and O–H groups in total. The minimum Gasteiger partial charge on any atom is -0.399 e. The van der Waals surface area contributed by atoms with Crippen LogP contribution in [0.1, 0.15) is 26.3 Å². The third kappa shape index (κ3) is 7.61. The van der Waals surface area contributed by atoms with Crippen molar-refractivity contribution in [3.05, 3.63) is 224 Å². The van der Waals surface area contributed by atoms with E-state index in [1.165, 1.54) is 5.56 Å². The van der Waals surface area contributed by atoms with Crippen LogP contribution in [0.2, 0.25) is 0 Å². The minimum atomic E-state index is -0.0387. The first kappa shape index (κ1) is 40.4. The Morgan fingerprint density at radius 2 is 0.727 bits per heavy atom. The molecule has 0 aliphatic carbocycles. The van der Waals surface area contributed by atoms with Crippen molar-refractivity contribution < 1.29 is 0 Å². The molecule has 66 heavy (non-hydrogen) atoms. The lowest BCUT2D eigenvalue weighted by Gasteiger charge is -2.22. The van der Waals surface area contributed by atoms with Crippen molar-refractivity contribution in [2.45, 2.75) is 26.2 Å². The van der Waals surface area contributed by atoms with Crippen LogP contribution in [0.5, 0.6) is 0 Å². The van der Waals surface area contributed by atoms with Gasteiger partial charge in [-0.05, 0) is 105 Å². The van der Waals surface area contributed by atoms with E-state index < -0.39 is 0 Å². The molecule has 0 fully saturated rings. The Kier molecular flexibility index (Phi) is 10.2. The van der Waals surface area contributed by atoms with Crippen molar-refractivity contribution in [3.63, 3.8) is 0 Å². The first-order chi connectivity index (χ1) is 32.2. The van der Waals surface area contributed by atoms with Crippen molar-refractivity contribution in [1.82, 2.24) is 19.5 Å². The van der Waals surface area contributed by atoms with Gasteiger partial charge in [-0.25, -0.2) is 15.0 Å². The van der Waals surface area contributed by atoms with Gasteiger partial charge in [0.15, 0.2) is 17.5 Å². The van der Waals surface area contributed by atoms with Crippen LogP contribution in [0, 0.1) is 0 Å². The smallest absolute Gasteiger partial charge is 0.164 e. The topological polar surface area (TPSA) is 69.6 Å². The predicted octanol–water partition coefficient (Wildman–Crippen LogP) is 15.5. The second-order valence-corrected chi connectivity index (χ2v) is 17.9. The molecule has 9 aromatic carbocycles. The Morgan fingerprint density at radius 3 is 1.20 bits per heavy atom. The normalized spacial score (nSPS) is 11.6. The Labute approximate surface area is 385 Å². The molecule has 0 amide bonds. The van der Waals surface area contributed by atoms with Gasteiger partial charge < -0.3 is 10.3 Å². The van der Waals surface area contributed by atoms with Crippen LogP contribution in [0.25, 0.3) is 106 Å². The molecule has 0 aliphatic rings.